The van der Waals surface area contributed by atoms with Crippen LogP contribution in [0.5, 0.6) is 11.5 Å². The van der Waals surface area contributed by atoms with Crippen LogP contribution < -0.4 is 10.2 Å². The fraction of sp³-hybridized carbons (Fsp3) is 0.357. The Kier molecular flexibility index (Phi) is 2.17. The van der Waals surface area contributed by atoms with Crippen molar-refractivity contribution < 1.29 is 14.3 Å². The Morgan fingerprint density at radius 2 is 2.17 bits per heavy atom. The van der Waals surface area contributed by atoms with E-state index in [9.17, 15) is 9.90 Å². The molecule has 18 heavy (non-hydrogen) atoms. The van der Waals surface area contributed by atoms with E-state index in [1.54, 1.807) is 0 Å². The quantitative estimate of drug-likeness (QED) is 0.776. The highest BCUT2D eigenvalue weighted by Crippen LogP contribution is 2.40. The van der Waals surface area contributed by atoms with Gasteiger partial charge in [0.15, 0.2) is 5.43 Å². The van der Waals surface area contributed by atoms with Gasteiger partial charge >= 0.3 is 0 Å². The molecule has 1 N–H and O–H groups in total. The lowest BCUT2D eigenvalue weighted by molar-refractivity contribution is 0.0846. The molecule has 0 aliphatic carbocycles. The second-order valence-corrected chi connectivity index (χ2v) is 5.22. The van der Waals surface area contributed by atoms with Gasteiger partial charge in [-0.25, -0.2) is 0 Å². The van der Waals surface area contributed by atoms with Gasteiger partial charge in [0, 0.05) is 17.7 Å². The fourth-order valence-electron chi connectivity index (χ4n) is 2.38. The molecule has 4 heteroatoms. The molecule has 0 amide bonds. The lowest BCUT2D eigenvalue weighted by Crippen LogP contribution is -2.32. The highest BCUT2D eigenvalue weighted by atomic mass is 16.5. The van der Waals surface area contributed by atoms with Crippen LogP contribution in [0.4, 0.5) is 0 Å². The smallest absolute Gasteiger partial charge is 0.196 e. The molecule has 1 aliphatic heterocycles. The summed E-state index contributed by atoms with van der Waals surface area (Å²) in [6.07, 6.45) is 2.97. The number of fused-ring (bicyclic) bond motifs is 3. The Labute approximate surface area is 104 Å². The van der Waals surface area contributed by atoms with Crippen molar-refractivity contribution in [2.45, 2.75) is 32.3 Å². The van der Waals surface area contributed by atoms with Gasteiger partial charge in [0.05, 0.1) is 6.26 Å². The summed E-state index contributed by atoms with van der Waals surface area (Å²) in [4.78, 5) is 11.8. The summed E-state index contributed by atoms with van der Waals surface area (Å²) in [6, 6.07) is 2.82. The maximum atomic E-state index is 11.8. The number of hydrogen-bond acceptors (Lipinski definition) is 4. The first-order valence-corrected chi connectivity index (χ1v) is 5.93. The van der Waals surface area contributed by atoms with E-state index in [1.807, 2.05) is 13.8 Å². The van der Waals surface area contributed by atoms with Gasteiger partial charge in [0.2, 0.25) is 0 Å². The zero-order valence-corrected chi connectivity index (χ0v) is 10.3. The molecule has 0 unspecified atom stereocenters. The van der Waals surface area contributed by atoms with E-state index in [1.165, 1.54) is 18.4 Å². The lowest BCUT2D eigenvalue weighted by atomic mass is 9.93. The molecule has 1 aliphatic rings. The van der Waals surface area contributed by atoms with E-state index < -0.39 is 0 Å². The molecule has 94 valence electrons. The zero-order chi connectivity index (χ0) is 12.9. The number of aromatic hydroxyl groups is 1. The summed E-state index contributed by atoms with van der Waals surface area (Å²) in [5.74, 6) is 0.515. The molecule has 2 heterocycles. The van der Waals surface area contributed by atoms with E-state index in [4.69, 9.17) is 9.15 Å². The minimum absolute atomic E-state index is 0.0872. The third kappa shape index (κ3) is 1.56. The number of ether oxygens (including phenoxy) is 1. The molecular formula is C14H14O4. The van der Waals surface area contributed by atoms with Crippen LogP contribution in [0.2, 0.25) is 0 Å². The number of aryl methyl sites for hydroxylation is 1. The molecule has 0 bridgehead atoms. The highest BCUT2D eigenvalue weighted by Gasteiger charge is 2.29. The third-order valence-corrected chi connectivity index (χ3v) is 3.34. The van der Waals surface area contributed by atoms with Crippen molar-refractivity contribution in [3.63, 3.8) is 0 Å². The molecule has 4 nitrogen and oxygen atoms in total. The van der Waals surface area contributed by atoms with Crippen LogP contribution in [-0.2, 0) is 6.42 Å². The van der Waals surface area contributed by atoms with E-state index >= 15 is 0 Å². The second-order valence-electron chi connectivity index (χ2n) is 5.22. The standard InChI is InChI=1S/C14H14O4/c1-14(2)5-3-8-11(18-14)7-10(16)12-9(15)4-6-17-13(8)12/h4,6-7,16H,3,5H2,1-2H3. The van der Waals surface area contributed by atoms with Gasteiger partial charge in [-0.15, -0.1) is 0 Å². The largest absolute Gasteiger partial charge is 0.507 e. The van der Waals surface area contributed by atoms with E-state index in [0.29, 0.717) is 11.3 Å². The first kappa shape index (κ1) is 11.1. The molecule has 0 saturated carbocycles. The summed E-state index contributed by atoms with van der Waals surface area (Å²) >= 11 is 0. The lowest BCUT2D eigenvalue weighted by Gasteiger charge is -2.32. The molecule has 1 aromatic heterocycles. The van der Waals surface area contributed by atoms with Gasteiger partial charge in [0.25, 0.3) is 0 Å². The summed E-state index contributed by atoms with van der Waals surface area (Å²) in [5.41, 5.74) is 0.802. The SMILES string of the molecule is CC1(C)CCc2c(cc(O)c3c(=O)ccoc23)O1. The maximum absolute atomic E-state index is 11.8. The van der Waals surface area contributed by atoms with Gasteiger partial charge in [0.1, 0.15) is 28.1 Å². The van der Waals surface area contributed by atoms with E-state index in [2.05, 4.69) is 0 Å². The molecule has 0 spiro atoms. The van der Waals surface area contributed by atoms with E-state index in [0.717, 1.165) is 18.4 Å². The van der Waals surface area contributed by atoms with Crippen molar-refractivity contribution in [1.82, 2.24) is 0 Å². The summed E-state index contributed by atoms with van der Waals surface area (Å²) in [7, 11) is 0. The average molecular weight is 246 g/mol. The van der Waals surface area contributed by atoms with Crippen LogP contribution in [0.15, 0.2) is 27.6 Å². The van der Waals surface area contributed by atoms with Crippen LogP contribution in [0.3, 0.4) is 0 Å². The predicted molar refractivity (Wildman–Crippen MR) is 67.2 cm³/mol. The third-order valence-electron chi connectivity index (χ3n) is 3.34. The molecule has 2 aromatic rings. The molecule has 1 aromatic carbocycles. The number of phenolic OH excluding ortho intramolecular Hbond substituents is 1. The monoisotopic (exact) mass is 246 g/mol. The minimum atomic E-state index is -0.262. The van der Waals surface area contributed by atoms with Crippen molar-refractivity contribution in [2.75, 3.05) is 0 Å². The average Bonchev–Trinajstić information content (AvgIpc) is 2.27. The van der Waals surface area contributed by atoms with Gasteiger partial charge in [-0.3, -0.25) is 4.79 Å². The zero-order valence-electron chi connectivity index (χ0n) is 10.3. The van der Waals surface area contributed by atoms with Crippen LogP contribution in [0.25, 0.3) is 11.0 Å². The van der Waals surface area contributed by atoms with Crippen molar-refractivity contribution in [3.8, 4) is 11.5 Å². The summed E-state index contributed by atoms with van der Waals surface area (Å²) < 4.78 is 11.2. The predicted octanol–water partition coefficient (Wildman–Crippen LogP) is 2.60. The normalized spacial score (nSPS) is 17.2. The number of phenols is 1. The second kappa shape index (κ2) is 3.51. The summed E-state index contributed by atoms with van der Waals surface area (Å²) in [5, 5.41) is 10.2. The molecule has 0 radical (unpaired) electrons. The van der Waals surface area contributed by atoms with Crippen molar-refractivity contribution in [2.24, 2.45) is 0 Å². The minimum Gasteiger partial charge on any atom is -0.507 e. The molecule has 0 saturated heterocycles. The Morgan fingerprint density at radius 1 is 1.39 bits per heavy atom. The van der Waals surface area contributed by atoms with Crippen molar-refractivity contribution in [3.05, 3.63) is 34.2 Å². The van der Waals surface area contributed by atoms with Crippen LogP contribution in [0, 0.1) is 0 Å². The maximum Gasteiger partial charge on any atom is 0.196 e. The van der Waals surface area contributed by atoms with Gasteiger partial charge in [-0.1, -0.05) is 0 Å². The first-order valence-electron chi connectivity index (χ1n) is 5.93. The molecular weight excluding hydrogens is 232 g/mol. The summed E-state index contributed by atoms with van der Waals surface area (Å²) in [6.45, 7) is 4.00. The van der Waals surface area contributed by atoms with Gasteiger partial charge in [-0.05, 0) is 26.7 Å². The number of rotatable bonds is 0. The fourth-order valence-corrected chi connectivity index (χ4v) is 2.38. The highest BCUT2D eigenvalue weighted by molar-refractivity contribution is 5.88. The molecule has 0 atom stereocenters. The van der Waals surface area contributed by atoms with Gasteiger partial charge in [-0.2, -0.15) is 0 Å². The Balaban J connectivity index is 2.35. The first-order chi connectivity index (χ1) is 8.48. The Bertz CT molecular complexity index is 682. The Morgan fingerprint density at radius 3 is 2.94 bits per heavy atom. The Hall–Kier alpha value is -1.97. The number of hydrogen-bond donors (Lipinski definition) is 1. The number of benzene rings is 1. The van der Waals surface area contributed by atoms with Crippen LogP contribution in [0.1, 0.15) is 25.8 Å². The molecule has 3 rings (SSSR count). The van der Waals surface area contributed by atoms with Gasteiger partial charge < -0.3 is 14.3 Å². The van der Waals surface area contributed by atoms with Crippen LogP contribution >= 0.6 is 0 Å². The molecule has 0 fully saturated rings. The van der Waals surface area contributed by atoms with E-state index in [-0.39, 0.29) is 22.2 Å². The van der Waals surface area contributed by atoms with Crippen LogP contribution in [-0.4, -0.2) is 10.7 Å². The van der Waals surface area contributed by atoms with Crippen molar-refractivity contribution in [1.29, 1.82) is 0 Å². The van der Waals surface area contributed by atoms with Crippen molar-refractivity contribution >= 4 is 11.0 Å². The topological polar surface area (TPSA) is 59.7 Å².